The zero-order chi connectivity index (χ0) is 18.3. The summed E-state index contributed by atoms with van der Waals surface area (Å²) in [4.78, 5) is 7.48. The lowest BCUT2D eigenvalue weighted by atomic mass is 9.74. The Morgan fingerprint density at radius 2 is 1.56 bits per heavy atom. The number of rotatable bonds is 4. The predicted molar refractivity (Wildman–Crippen MR) is 106 cm³/mol. The molecule has 4 bridgehead atoms. The molecule has 0 aliphatic carbocycles. The molecule has 138 valence electrons. The van der Waals surface area contributed by atoms with Crippen molar-refractivity contribution in [3.05, 3.63) is 65.7 Å². The van der Waals surface area contributed by atoms with E-state index in [1.807, 2.05) is 18.2 Å². The number of phenols is 1. The van der Waals surface area contributed by atoms with Gasteiger partial charge in [-0.05, 0) is 23.3 Å². The maximum Gasteiger partial charge on any atom is 0.116 e. The second-order valence-corrected chi connectivity index (χ2v) is 7.85. The lowest BCUT2D eigenvalue weighted by Gasteiger charge is -2.60. The number of benzene rings is 2. The Kier molecular flexibility index (Phi) is 4.04. The van der Waals surface area contributed by atoms with Gasteiger partial charge in [0.05, 0.1) is 37.3 Å². The number of phenolic OH excluding ortho intramolecular Hbond substituents is 1. The molecule has 4 aliphatic heterocycles. The van der Waals surface area contributed by atoms with E-state index in [4.69, 9.17) is 5.10 Å². The fourth-order valence-electron chi connectivity index (χ4n) is 4.77. The van der Waals surface area contributed by atoms with E-state index in [-0.39, 0.29) is 11.2 Å². The molecule has 2 aromatic rings. The van der Waals surface area contributed by atoms with Crippen LogP contribution in [0.4, 0.5) is 0 Å². The molecular formula is C21H23N5O. The van der Waals surface area contributed by atoms with Crippen LogP contribution in [0.25, 0.3) is 0 Å². The third-order valence-corrected chi connectivity index (χ3v) is 5.56. The maximum absolute atomic E-state index is 9.64. The number of nitrogens with zero attached hydrogens (tertiary/aromatic N) is 5. The van der Waals surface area contributed by atoms with Crippen molar-refractivity contribution in [3.8, 4) is 5.75 Å². The summed E-state index contributed by atoms with van der Waals surface area (Å²) in [5.74, 6) is 0.237. The van der Waals surface area contributed by atoms with Crippen molar-refractivity contribution in [3.63, 3.8) is 0 Å². The van der Waals surface area contributed by atoms with Gasteiger partial charge in [-0.15, -0.1) is 0 Å². The molecule has 6 heteroatoms. The number of hydrogen-bond donors (Lipinski definition) is 1. The molecule has 1 N–H and O–H groups in total. The van der Waals surface area contributed by atoms with E-state index in [1.54, 1.807) is 18.3 Å². The van der Waals surface area contributed by atoms with Crippen LogP contribution in [0.5, 0.6) is 5.75 Å². The minimum atomic E-state index is -0.0216. The van der Waals surface area contributed by atoms with Gasteiger partial charge in [0.25, 0.3) is 0 Å². The van der Waals surface area contributed by atoms with Crippen LogP contribution in [0.15, 0.2) is 64.8 Å². The van der Waals surface area contributed by atoms with Crippen LogP contribution < -0.4 is 0 Å². The standard InChI is InChI=1S/C21H23N5O/c27-19-8-4-5-17(9-19)10-22-23-20(18-6-2-1-3-7-18)21-11-24-14-25(12-21)16-26(13-21)15-24/h1-10,27H,11-16H2/b22-10-,23-20+. The molecule has 4 fully saturated rings. The quantitative estimate of drug-likeness (QED) is 0.669. The van der Waals surface area contributed by atoms with Crippen LogP contribution in [0.2, 0.25) is 0 Å². The zero-order valence-electron chi connectivity index (χ0n) is 15.2. The molecule has 0 amide bonds. The van der Waals surface area contributed by atoms with Gasteiger partial charge < -0.3 is 5.11 Å². The SMILES string of the molecule is Oc1cccc(/C=N\N=C(/c2ccccc2)C23CN4CN(CN(C4)C2)C3)c1. The summed E-state index contributed by atoms with van der Waals surface area (Å²) >= 11 is 0. The molecule has 4 saturated heterocycles. The van der Waals surface area contributed by atoms with E-state index in [0.717, 1.165) is 56.5 Å². The second-order valence-electron chi connectivity index (χ2n) is 7.85. The fraction of sp³-hybridized carbons (Fsp3) is 0.333. The Bertz CT molecular complexity index is 857. The molecule has 6 nitrogen and oxygen atoms in total. The molecule has 0 radical (unpaired) electrons. The minimum Gasteiger partial charge on any atom is -0.508 e. The first-order valence-corrected chi connectivity index (χ1v) is 9.33. The minimum absolute atomic E-state index is 0.0216. The first-order chi connectivity index (χ1) is 13.2. The Balaban J connectivity index is 1.52. The van der Waals surface area contributed by atoms with Gasteiger partial charge in [0.1, 0.15) is 5.75 Å². The lowest BCUT2D eigenvalue weighted by molar-refractivity contribution is -0.149. The van der Waals surface area contributed by atoms with E-state index in [1.165, 1.54) is 0 Å². The van der Waals surface area contributed by atoms with Crippen LogP contribution in [-0.4, -0.2) is 71.4 Å². The third-order valence-electron chi connectivity index (χ3n) is 5.56. The summed E-state index contributed by atoms with van der Waals surface area (Å²) in [5.41, 5.74) is 3.01. The topological polar surface area (TPSA) is 54.7 Å². The summed E-state index contributed by atoms with van der Waals surface area (Å²) in [6.07, 6.45) is 1.71. The Morgan fingerprint density at radius 1 is 0.889 bits per heavy atom. The van der Waals surface area contributed by atoms with E-state index in [9.17, 15) is 5.11 Å². The van der Waals surface area contributed by atoms with Gasteiger partial charge in [-0.3, -0.25) is 14.7 Å². The summed E-state index contributed by atoms with van der Waals surface area (Å²) in [7, 11) is 0. The molecule has 0 spiro atoms. The van der Waals surface area contributed by atoms with E-state index < -0.39 is 0 Å². The molecule has 4 heterocycles. The van der Waals surface area contributed by atoms with Gasteiger partial charge in [-0.1, -0.05) is 42.5 Å². The summed E-state index contributed by atoms with van der Waals surface area (Å²) in [5, 5.41) is 18.8. The summed E-state index contributed by atoms with van der Waals surface area (Å²) in [6.45, 7) is 6.22. The van der Waals surface area contributed by atoms with Gasteiger partial charge in [-0.25, -0.2) is 0 Å². The van der Waals surface area contributed by atoms with Gasteiger partial charge in [0.15, 0.2) is 0 Å². The van der Waals surface area contributed by atoms with Crippen LogP contribution in [0.1, 0.15) is 11.1 Å². The van der Waals surface area contributed by atoms with E-state index in [2.05, 4.69) is 44.1 Å². The maximum atomic E-state index is 9.64. The predicted octanol–water partition coefficient (Wildman–Crippen LogP) is 2.02. The Labute approximate surface area is 159 Å². The first-order valence-electron chi connectivity index (χ1n) is 9.33. The third kappa shape index (κ3) is 3.16. The normalized spacial score (nSPS) is 32.3. The highest BCUT2D eigenvalue weighted by molar-refractivity contribution is 6.05. The monoisotopic (exact) mass is 361 g/mol. The highest BCUT2D eigenvalue weighted by atomic mass is 16.3. The fourth-order valence-corrected chi connectivity index (χ4v) is 4.77. The average molecular weight is 361 g/mol. The molecule has 0 aromatic heterocycles. The molecular weight excluding hydrogens is 338 g/mol. The van der Waals surface area contributed by atoms with Crippen molar-refractivity contribution in [1.29, 1.82) is 0 Å². The second kappa shape index (κ2) is 6.56. The van der Waals surface area contributed by atoms with Crippen LogP contribution >= 0.6 is 0 Å². The Morgan fingerprint density at radius 3 is 2.19 bits per heavy atom. The lowest BCUT2D eigenvalue weighted by Crippen LogP contribution is -2.74. The smallest absolute Gasteiger partial charge is 0.116 e. The van der Waals surface area contributed by atoms with Gasteiger partial charge >= 0.3 is 0 Å². The van der Waals surface area contributed by atoms with Crippen LogP contribution in [0.3, 0.4) is 0 Å². The highest BCUT2D eigenvalue weighted by Gasteiger charge is 2.51. The van der Waals surface area contributed by atoms with Gasteiger partial charge in [0, 0.05) is 19.6 Å². The molecule has 0 saturated carbocycles. The van der Waals surface area contributed by atoms with Crippen LogP contribution in [-0.2, 0) is 0 Å². The molecule has 4 aliphatic rings. The van der Waals surface area contributed by atoms with Crippen molar-refractivity contribution in [2.24, 2.45) is 15.6 Å². The molecule has 6 rings (SSSR count). The zero-order valence-corrected chi connectivity index (χ0v) is 15.2. The van der Waals surface area contributed by atoms with Crippen molar-refractivity contribution >= 4 is 11.9 Å². The van der Waals surface area contributed by atoms with Crippen molar-refractivity contribution in [2.75, 3.05) is 39.6 Å². The van der Waals surface area contributed by atoms with Crippen molar-refractivity contribution in [1.82, 2.24) is 14.7 Å². The van der Waals surface area contributed by atoms with Gasteiger partial charge in [0.2, 0.25) is 0 Å². The number of hydrogen-bond acceptors (Lipinski definition) is 6. The highest BCUT2D eigenvalue weighted by Crippen LogP contribution is 2.38. The molecule has 2 aromatic carbocycles. The van der Waals surface area contributed by atoms with E-state index >= 15 is 0 Å². The molecule has 27 heavy (non-hydrogen) atoms. The largest absolute Gasteiger partial charge is 0.508 e. The molecule has 0 unspecified atom stereocenters. The first kappa shape index (κ1) is 16.6. The van der Waals surface area contributed by atoms with E-state index in [0.29, 0.717) is 0 Å². The van der Waals surface area contributed by atoms with Gasteiger partial charge in [-0.2, -0.15) is 10.2 Å². The van der Waals surface area contributed by atoms with Crippen molar-refractivity contribution < 1.29 is 5.11 Å². The molecule has 0 atom stereocenters. The summed E-state index contributed by atoms with van der Waals surface area (Å²) in [6, 6.07) is 17.5. The Hall–Kier alpha value is -2.54. The number of aromatic hydroxyl groups is 1. The van der Waals surface area contributed by atoms with Crippen molar-refractivity contribution in [2.45, 2.75) is 0 Å². The average Bonchev–Trinajstić information content (AvgIpc) is 2.65. The summed E-state index contributed by atoms with van der Waals surface area (Å²) < 4.78 is 0. The van der Waals surface area contributed by atoms with Crippen LogP contribution in [0, 0.1) is 5.41 Å².